The van der Waals surface area contributed by atoms with Crippen molar-refractivity contribution >= 4 is 18.3 Å². The van der Waals surface area contributed by atoms with Gasteiger partial charge in [-0.25, -0.2) is 0 Å². The highest BCUT2D eigenvalue weighted by atomic mass is 35.5. The monoisotopic (exact) mass is 310 g/mol. The second-order valence-electron chi connectivity index (χ2n) is 4.63. The second-order valence-corrected chi connectivity index (χ2v) is 4.63. The minimum Gasteiger partial charge on any atom is -0.383 e. The molecule has 1 fully saturated rings. The van der Waals surface area contributed by atoms with E-state index in [2.05, 4.69) is 5.32 Å². The number of nitrogens with zero attached hydrogens (tertiary/aromatic N) is 1. The summed E-state index contributed by atoms with van der Waals surface area (Å²) in [6.45, 7) is 4.21. The first-order valence-electron chi connectivity index (χ1n) is 6.86. The van der Waals surface area contributed by atoms with Crippen molar-refractivity contribution in [3.63, 3.8) is 0 Å². The van der Waals surface area contributed by atoms with Crippen LogP contribution in [-0.2, 0) is 19.0 Å². The SMILES string of the molecule is COCCN(CCOC)C(=O)CNCC1CCCO1.Cl. The van der Waals surface area contributed by atoms with Gasteiger partial charge < -0.3 is 24.4 Å². The van der Waals surface area contributed by atoms with Gasteiger partial charge in [0.15, 0.2) is 0 Å². The van der Waals surface area contributed by atoms with Crippen LogP contribution in [0.15, 0.2) is 0 Å². The summed E-state index contributed by atoms with van der Waals surface area (Å²) in [4.78, 5) is 13.8. The third-order valence-electron chi connectivity index (χ3n) is 3.16. The molecule has 20 heavy (non-hydrogen) atoms. The van der Waals surface area contributed by atoms with Crippen molar-refractivity contribution in [2.75, 3.05) is 60.2 Å². The van der Waals surface area contributed by atoms with Gasteiger partial charge in [-0.15, -0.1) is 12.4 Å². The van der Waals surface area contributed by atoms with Crippen LogP contribution in [0.4, 0.5) is 0 Å². The standard InChI is InChI=1S/C13H26N2O4.ClH/c1-17-8-5-15(6-9-18-2)13(16)11-14-10-12-4-3-7-19-12;/h12,14H,3-11H2,1-2H3;1H. The number of amides is 1. The lowest BCUT2D eigenvalue weighted by atomic mass is 10.2. The number of nitrogens with one attached hydrogen (secondary N) is 1. The van der Waals surface area contributed by atoms with E-state index in [1.165, 1.54) is 0 Å². The molecular formula is C13H27ClN2O4. The zero-order valence-electron chi connectivity index (χ0n) is 12.4. The summed E-state index contributed by atoms with van der Waals surface area (Å²) in [6.07, 6.45) is 2.46. The molecule has 120 valence electrons. The number of hydrogen-bond acceptors (Lipinski definition) is 5. The highest BCUT2D eigenvalue weighted by Gasteiger charge is 2.17. The van der Waals surface area contributed by atoms with Crippen LogP contribution in [0.5, 0.6) is 0 Å². The average Bonchev–Trinajstić information content (AvgIpc) is 2.92. The number of carbonyl (C=O) groups excluding carboxylic acids is 1. The summed E-state index contributed by atoms with van der Waals surface area (Å²) < 4.78 is 15.5. The van der Waals surface area contributed by atoms with Crippen molar-refractivity contribution in [1.29, 1.82) is 0 Å². The van der Waals surface area contributed by atoms with Gasteiger partial charge in [0.2, 0.25) is 5.91 Å². The smallest absolute Gasteiger partial charge is 0.236 e. The highest BCUT2D eigenvalue weighted by Crippen LogP contribution is 2.10. The number of halogens is 1. The first-order chi connectivity index (χ1) is 9.27. The first kappa shape index (κ1) is 19.6. The van der Waals surface area contributed by atoms with Gasteiger partial charge in [0, 0.05) is 40.5 Å². The molecule has 1 rings (SSSR count). The van der Waals surface area contributed by atoms with Gasteiger partial charge >= 0.3 is 0 Å². The highest BCUT2D eigenvalue weighted by molar-refractivity contribution is 5.85. The van der Waals surface area contributed by atoms with Crippen molar-refractivity contribution in [2.24, 2.45) is 0 Å². The lowest BCUT2D eigenvalue weighted by Gasteiger charge is -2.22. The Morgan fingerprint density at radius 3 is 2.45 bits per heavy atom. The lowest BCUT2D eigenvalue weighted by Crippen LogP contribution is -2.43. The Morgan fingerprint density at radius 1 is 1.30 bits per heavy atom. The third-order valence-corrected chi connectivity index (χ3v) is 3.16. The number of rotatable bonds is 10. The average molecular weight is 311 g/mol. The zero-order valence-corrected chi connectivity index (χ0v) is 13.2. The maximum atomic E-state index is 12.0. The molecule has 0 aromatic carbocycles. The molecule has 1 atom stereocenters. The quantitative estimate of drug-likeness (QED) is 0.629. The van der Waals surface area contributed by atoms with Gasteiger partial charge in [-0.3, -0.25) is 4.79 Å². The predicted octanol–water partition coefficient (Wildman–Crippen LogP) is 0.298. The van der Waals surface area contributed by atoms with E-state index < -0.39 is 0 Å². The molecule has 0 aromatic rings. The molecule has 0 aliphatic carbocycles. The fraction of sp³-hybridized carbons (Fsp3) is 0.923. The summed E-state index contributed by atoms with van der Waals surface area (Å²) >= 11 is 0. The van der Waals surface area contributed by atoms with Crippen molar-refractivity contribution in [3.8, 4) is 0 Å². The Morgan fingerprint density at radius 2 is 1.95 bits per heavy atom. The minimum atomic E-state index is 0. The van der Waals surface area contributed by atoms with Gasteiger partial charge in [-0.05, 0) is 12.8 Å². The van der Waals surface area contributed by atoms with Gasteiger partial charge in [0.05, 0.1) is 25.9 Å². The van der Waals surface area contributed by atoms with E-state index in [0.717, 1.165) is 26.0 Å². The van der Waals surface area contributed by atoms with Crippen LogP contribution in [0.3, 0.4) is 0 Å². The molecule has 0 bridgehead atoms. The molecule has 0 aromatic heterocycles. The van der Waals surface area contributed by atoms with E-state index in [1.807, 2.05) is 0 Å². The molecule has 1 saturated heterocycles. The van der Waals surface area contributed by atoms with Gasteiger partial charge in [-0.1, -0.05) is 0 Å². The van der Waals surface area contributed by atoms with Crippen molar-refractivity contribution in [1.82, 2.24) is 10.2 Å². The van der Waals surface area contributed by atoms with Crippen LogP contribution in [0.25, 0.3) is 0 Å². The summed E-state index contributed by atoms with van der Waals surface area (Å²) in [6, 6.07) is 0. The molecule has 7 heteroatoms. The van der Waals surface area contributed by atoms with E-state index >= 15 is 0 Å². The normalized spacial score (nSPS) is 17.8. The van der Waals surface area contributed by atoms with Gasteiger partial charge in [0.25, 0.3) is 0 Å². The Kier molecular flexibility index (Phi) is 12.1. The number of methoxy groups -OCH3 is 2. The largest absolute Gasteiger partial charge is 0.383 e. The first-order valence-corrected chi connectivity index (χ1v) is 6.86. The van der Waals surface area contributed by atoms with Crippen molar-refractivity contribution in [2.45, 2.75) is 18.9 Å². The number of ether oxygens (including phenoxy) is 3. The van der Waals surface area contributed by atoms with Crippen LogP contribution in [0.1, 0.15) is 12.8 Å². The van der Waals surface area contributed by atoms with E-state index in [-0.39, 0.29) is 24.4 Å². The lowest BCUT2D eigenvalue weighted by molar-refractivity contribution is -0.131. The molecule has 0 saturated carbocycles. The third kappa shape index (κ3) is 8.01. The maximum absolute atomic E-state index is 12.0. The van der Waals surface area contributed by atoms with Crippen LogP contribution >= 0.6 is 12.4 Å². The van der Waals surface area contributed by atoms with Crippen molar-refractivity contribution < 1.29 is 19.0 Å². The van der Waals surface area contributed by atoms with E-state index in [9.17, 15) is 4.79 Å². The molecule has 6 nitrogen and oxygen atoms in total. The van der Waals surface area contributed by atoms with E-state index in [1.54, 1.807) is 19.1 Å². The molecule has 0 spiro atoms. The molecule has 1 aliphatic heterocycles. The Bertz CT molecular complexity index is 243. The fourth-order valence-electron chi connectivity index (χ4n) is 2.02. The molecule has 1 amide bonds. The Hall–Kier alpha value is -0.400. The van der Waals surface area contributed by atoms with E-state index in [4.69, 9.17) is 14.2 Å². The minimum absolute atomic E-state index is 0. The number of carbonyl (C=O) groups is 1. The molecular weight excluding hydrogens is 284 g/mol. The van der Waals surface area contributed by atoms with E-state index in [0.29, 0.717) is 32.8 Å². The summed E-state index contributed by atoms with van der Waals surface area (Å²) in [5.41, 5.74) is 0. The number of hydrogen-bond donors (Lipinski definition) is 1. The fourth-order valence-corrected chi connectivity index (χ4v) is 2.02. The topological polar surface area (TPSA) is 60.0 Å². The van der Waals surface area contributed by atoms with Crippen LogP contribution < -0.4 is 5.32 Å². The molecule has 1 aliphatic rings. The molecule has 0 radical (unpaired) electrons. The van der Waals surface area contributed by atoms with Crippen LogP contribution in [0.2, 0.25) is 0 Å². The van der Waals surface area contributed by atoms with Crippen LogP contribution in [-0.4, -0.2) is 77.1 Å². The molecule has 1 unspecified atom stereocenters. The maximum Gasteiger partial charge on any atom is 0.236 e. The van der Waals surface area contributed by atoms with Crippen LogP contribution in [0, 0.1) is 0 Å². The summed E-state index contributed by atoms with van der Waals surface area (Å²) in [5.74, 6) is 0.0760. The van der Waals surface area contributed by atoms with Gasteiger partial charge in [-0.2, -0.15) is 0 Å². The van der Waals surface area contributed by atoms with Gasteiger partial charge in [0.1, 0.15) is 0 Å². The molecule has 1 N–H and O–H groups in total. The molecule has 1 heterocycles. The zero-order chi connectivity index (χ0) is 13.9. The van der Waals surface area contributed by atoms with Crippen molar-refractivity contribution in [3.05, 3.63) is 0 Å². The Balaban J connectivity index is 0.00000361. The summed E-state index contributed by atoms with van der Waals surface area (Å²) in [7, 11) is 3.27. The Labute approximate surface area is 127 Å². The predicted molar refractivity (Wildman–Crippen MR) is 79.4 cm³/mol. The second kappa shape index (κ2) is 12.3. The summed E-state index contributed by atoms with van der Waals surface area (Å²) in [5, 5.41) is 3.16.